The molecule has 1 rings (SSSR count). The Bertz CT molecular complexity index is 532. The van der Waals surface area contributed by atoms with Gasteiger partial charge in [-0.05, 0) is 30.5 Å². The van der Waals surface area contributed by atoms with Crippen LogP contribution in [0.5, 0.6) is 5.75 Å². The second-order valence-corrected chi connectivity index (χ2v) is 5.80. The van der Waals surface area contributed by atoms with Gasteiger partial charge >= 0.3 is 0 Å². The first-order chi connectivity index (χ1) is 12.7. The van der Waals surface area contributed by atoms with Crippen LogP contribution in [0.25, 0.3) is 0 Å². The highest BCUT2D eigenvalue weighted by Gasteiger charge is 2.04. The van der Waals surface area contributed by atoms with Gasteiger partial charge in [-0.1, -0.05) is 25.5 Å². The Morgan fingerprint density at radius 2 is 1.81 bits per heavy atom. The summed E-state index contributed by atoms with van der Waals surface area (Å²) >= 11 is 0. The standard InChI is InChI=1S/C19H32N4O3/c1-4-5-12-26-13-6-11-21-19(20-2)23-15-18(24)22-14-16-7-9-17(25-3)10-8-16/h7-10H,4-6,11-15H2,1-3H3,(H,22,24)(H2,20,21,23). The van der Waals surface area contributed by atoms with E-state index in [4.69, 9.17) is 9.47 Å². The van der Waals surface area contributed by atoms with Crippen molar-refractivity contribution in [2.75, 3.05) is 40.5 Å². The van der Waals surface area contributed by atoms with E-state index in [-0.39, 0.29) is 12.5 Å². The van der Waals surface area contributed by atoms with E-state index < -0.39 is 0 Å². The van der Waals surface area contributed by atoms with E-state index in [1.807, 2.05) is 24.3 Å². The second-order valence-electron chi connectivity index (χ2n) is 5.80. The molecule has 7 heteroatoms. The quantitative estimate of drug-likeness (QED) is 0.299. The summed E-state index contributed by atoms with van der Waals surface area (Å²) in [6, 6.07) is 7.60. The molecule has 0 aliphatic heterocycles. The number of rotatable bonds is 12. The van der Waals surface area contributed by atoms with Crippen LogP contribution in [0.15, 0.2) is 29.3 Å². The van der Waals surface area contributed by atoms with Gasteiger partial charge in [-0.3, -0.25) is 9.79 Å². The van der Waals surface area contributed by atoms with Crippen LogP contribution in [0, 0.1) is 0 Å². The number of unbranched alkanes of at least 4 members (excludes halogenated alkanes) is 1. The molecular formula is C19H32N4O3. The van der Waals surface area contributed by atoms with Crippen molar-refractivity contribution < 1.29 is 14.3 Å². The fourth-order valence-corrected chi connectivity index (χ4v) is 2.12. The maximum atomic E-state index is 11.9. The second kappa shape index (κ2) is 13.9. The molecule has 0 atom stereocenters. The summed E-state index contributed by atoms with van der Waals surface area (Å²) in [7, 11) is 3.31. The van der Waals surface area contributed by atoms with Crippen LogP contribution in [-0.2, 0) is 16.1 Å². The minimum Gasteiger partial charge on any atom is -0.497 e. The zero-order valence-corrected chi connectivity index (χ0v) is 16.1. The highest BCUT2D eigenvalue weighted by atomic mass is 16.5. The van der Waals surface area contributed by atoms with E-state index >= 15 is 0 Å². The van der Waals surface area contributed by atoms with E-state index in [9.17, 15) is 4.79 Å². The Morgan fingerprint density at radius 1 is 1.08 bits per heavy atom. The molecule has 1 aromatic rings. The maximum Gasteiger partial charge on any atom is 0.239 e. The third-order valence-electron chi connectivity index (χ3n) is 3.69. The highest BCUT2D eigenvalue weighted by molar-refractivity contribution is 5.86. The average molecular weight is 364 g/mol. The Morgan fingerprint density at radius 3 is 2.46 bits per heavy atom. The van der Waals surface area contributed by atoms with Gasteiger partial charge in [0.25, 0.3) is 0 Å². The van der Waals surface area contributed by atoms with Gasteiger partial charge in [0.1, 0.15) is 5.75 Å². The highest BCUT2D eigenvalue weighted by Crippen LogP contribution is 2.10. The average Bonchev–Trinajstić information content (AvgIpc) is 2.68. The number of hydrogen-bond donors (Lipinski definition) is 3. The van der Waals surface area contributed by atoms with Crippen molar-refractivity contribution in [3.8, 4) is 5.75 Å². The number of carbonyl (C=O) groups is 1. The summed E-state index contributed by atoms with van der Waals surface area (Å²) in [6.45, 7) is 5.09. The fraction of sp³-hybridized carbons (Fsp3) is 0.579. The molecule has 1 amide bonds. The number of amides is 1. The van der Waals surface area contributed by atoms with Crippen LogP contribution in [0.4, 0.5) is 0 Å². The lowest BCUT2D eigenvalue weighted by molar-refractivity contribution is -0.120. The van der Waals surface area contributed by atoms with Gasteiger partial charge in [-0.15, -0.1) is 0 Å². The van der Waals surface area contributed by atoms with E-state index in [1.165, 1.54) is 0 Å². The molecule has 0 saturated carbocycles. The van der Waals surface area contributed by atoms with Gasteiger partial charge in [0.15, 0.2) is 5.96 Å². The van der Waals surface area contributed by atoms with Gasteiger partial charge in [-0.2, -0.15) is 0 Å². The molecule has 0 aliphatic carbocycles. The SMILES string of the molecule is CCCCOCCCNC(=NC)NCC(=O)NCc1ccc(OC)cc1. The first kappa shape index (κ1) is 21.8. The molecule has 3 N–H and O–H groups in total. The van der Waals surface area contributed by atoms with Crippen molar-refractivity contribution >= 4 is 11.9 Å². The topological polar surface area (TPSA) is 84.0 Å². The first-order valence-electron chi connectivity index (χ1n) is 9.11. The predicted molar refractivity (Wildman–Crippen MR) is 105 cm³/mol. The molecule has 0 fully saturated rings. The molecule has 0 radical (unpaired) electrons. The molecular weight excluding hydrogens is 332 g/mol. The molecule has 0 unspecified atom stereocenters. The number of nitrogens with one attached hydrogen (secondary N) is 3. The minimum absolute atomic E-state index is 0.0910. The minimum atomic E-state index is -0.0910. The Labute approximate surface area is 156 Å². The summed E-state index contributed by atoms with van der Waals surface area (Å²) in [5.41, 5.74) is 1.02. The number of hydrogen-bond acceptors (Lipinski definition) is 4. The third kappa shape index (κ3) is 9.88. The van der Waals surface area contributed by atoms with Crippen LogP contribution in [-0.4, -0.2) is 52.3 Å². The summed E-state index contributed by atoms with van der Waals surface area (Å²) < 4.78 is 10.6. The predicted octanol–water partition coefficient (Wildman–Crippen LogP) is 1.68. The number of ether oxygens (including phenoxy) is 2. The van der Waals surface area contributed by atoms with E-state index in [0.29, 0.717) is 12.5 Å². The normalized spacial score (nSPS) is 11.1. The first-order valence-corrected chi connectivity index (χ1v) is 9.11. The van der Waals surface area contributed by atoms with E-state index in [2.05, 4.69) is 27.9 Å². The number of methoxy groups -OCH3 is 1. The zero-order valence-electron chi connectivity index (χ0n) is 16.1. The molecule has 1 aromatic carbocycles. The van der Waals surface area contributed by atoms with E-state index in [0.717, 1.165) is 50.3 Å². The van der Waals surface area contributed by atoms with Crippen molar-refractivity contribution in [3.05, 3.63) is 29.8 Å². The summed E-state index contributed by atoms with van der Waals surface area (Å²) in [4.78, 5) is 16.0. The number of benzene rings is 1. The molecule has 0 heterocycles. The van der Waals surface area contributed by atoms with Gasteiger partial charge in [0, 0.05) is 33.4 Å². The Kier molecular flexibility index (Phi) is 11.7. The number of carbonyl (C=O) groups excluding carboxylic acids is 1. The summed E-state index contributed by atoms with van der Waals surface area (Å²) in [5.74, 6) is 1.32. The molecule has 7 nitrogen and oxygen atoms in total. The molecule has 0 aliphatic rings. The lowest BCUT2D eigenvalue weighted by Gasteiger charge is -2.12. The summed E-state index contributed by atoms with van der Waals surface area (Å²) in [5, 5.41) is 9.03. The number of aliphatic imine (C=N–C) groups is 1. The van der Waals surface area contributed by atoms with Crippen LogP contribution < -0.4 is 20.7 Å². The van der Waals surface area contributed by atoms with Crippen molar-refractivity contribution in [1.82, 2.24) is 16.0 Å². The van der Waals surface area contributed by atoms with Gasteiger partial charge in [0.2, 0.25) is 5.91 Å². The smallest absolute Gasteiger partial charge is 0.239 e. The molecule has 146 valence electrons. The molecule has 26 heavy (non-hydrogen) atoms. The lowest BCUT2D eigenvalue weighted by Crippen LogP contribution is -2.43. The van der Waals surface area contributed by atoms with Crippen molar-refractivity contribution in [2.45, 2.75) is 32.7 Å². The molecule has 0 aromatic heterocycles. The third-order valence-corrected chi connectivity index (χ3v) is 3.69. The van der Waals surface area contributed by atoms with Gasteiger partial charge < -0.3 is 25.4 Å². The monoisotopic (exact) mass is 364 g/mol. The van der Waals surface area contributed by atoms with Crippen molar-refractivity contribution in [2.24, 2.45) is 4.99 Å². The fourth-order valence-electron chi connectivity index (χ4n) is 2.12. The summed E-state index contributed by atoms with van der Waals surface area (Å²) in [6.07, 6.45) is 3.14. The number of nitrogens with zero attached hydrogens (tertiary/aromatic N) is 1. The largest absolute Gasteiger partial charge is 0.497 e. The van der Waals surface area contributed by atoms with Crippen LogP contribution in [0.1, 0.15) is 31.7 Å². The van der Waals surface area contributed by atoms with Crippen LogP contribution >= 0.6 is 0 Å². The molecule has 0 spiro atoms. The van der Waals surface area contributed by atoms with E-state index in [1.54, 1.807) is 14.2 Å². The lowest BCUT2D eigenvalue weighted by atomic mass is 10.2. The maximum absolute atomic E-state index is 11.9. The Hall–Kier alpha value is -2.28. The zero-order chi connectivity index (χ0) is 19.0. The van der Waals surface area contributed by atoms with Gasteiger partial charge in [0.05, 0.1) is 13.7 Å². The van der Waals surface area contributed by atoms with Crippen molar-refractivity contribution in [3.63, 3.8) is 0 Å². The van der Waals surface area contributed by atoms with Crippen LogP contribution in [0.2, 0.25) is 0 Å². The molecule has 0 bridgehead atoms. The van der Waals surface area contributed by atoms with Crippen molar-refractivity contribution in [1.29, 1.82) is 0 Å². The van der Waals surface area contributed by atoms with Gasteiger partial charge in [-0.25, -0.2) is 0 Å². The Balaban J connectivity index is 2.14. The molecule has 0 saturated heterocycles. The van der Waals surface area contributed by atoms with Crippen LogP contribution in [0.3, 0.4) is 0 Å². The number of guanidine groups is 1.